The number of hydrogen-bond donors (Lipinski definition) is 0. The highest BCUT2D eigenvalue weighted by Crippen LogP contribution is 2.50. The molecule has 0 radical (unpaired) electrons. The summed E-state index contributed by atoms with van der Waals surface area (Å²) in [6.45, 7) is 0. The Balaban J connectivity index is 1.05. The molecular weight excluding hydrogens is 769 g/mol. The van der Waals surface area contributed by atoms with E-state index in [1.54, 1.807) is 0 Å². The lowest BCUT2D eigenvalue weighted by Crippen LogP contribution is -1.95. The van der Waals surface area contributed by atoms with Crippen molar-refractivity contribution in [2.45, 2.75) is 0 Å². The van der Waals surface area contributed by atoms with Gasteiger partial charge in [-0.1, -0.05) is 194 Å². The normalized spacial score (nSPS) is 12.1. The molecule has 0 amide bonds. The van der Waals surface area contributed by atoms with Crippen LogP contribution < -0.4 is 0 Å². The monoisotopic (exact) mass is 806 g/mol. The molecule has 64 heavy (non-hydrogen) atoms. The molecule has 0 fully saturated rings. The third kappa shape index (κ3) is 5.17. The van der Waals surface area contributed by atoms with Gasteiger partial charge in [0.05, 0.1) is 0 Å². The first kappa shape index (κ1) is 35.3. The van der Waals surface area contributed by atoms with Gasteiger partial charge >= 0.3 is 0 Å². The van der Waals surface area contributed by atoms with E-state index in [2.05, 4.69) is 231 Å². The van der Waals surface area contributed by atoms with E-state index in [4.69, 9.17) is 0 Å². The second-order valence-electron chi connectivity index (χ2n) is 17.5. The fourth-order valence-electron chi connectivity index (χ4n) is 11.2. The Kier molecular flexibility index (Phi) is 7.49. The fraction of sp³-hybridized carbons (Fsp3) is 0. The maximum Gasteiger partial charge on any atom is -0.00139 e. The van der Waals surface area contributed by atoms with Crippen molar-refractivity contribution in [3.8, 4) is 33.4 Å². The number of hydrogen-bond acceptors (Lipinski definition) is 0. The molecule has 0 heteroatoms. The van der Waals surface area contributed by atoms with E-state index in [9.17, 15) is 0 Å². The highest BCUT2D eigenvalue weighted by atomic mass is 14.3. The van der Waals surface area contributed by atoms with Gasteiger partial charge in [-0.15, -0.1) is 0 Å². The Labute approximate surface area is 369 Å². The SMILES string of the molecule is c1ccc2cc3c(ccc4ccc(-c5c6ccccc6c(-c6c7ccccc7c(-c7ccc8ccc9cc%10ccccc%10cc9c8c7)c7ccccc67)c6ccccc56)cc43)cc2c1. The zero-order valence-electron chi connectivity index (χ0n) is 34.9. The first-order valence-corrected chi connectivity index (χ1v) is 22.3. The van der Waals surface area contributed by atoms with Crippen LogP contribution in [-0.2, 0) is 0 Å². The van der Waals surface area contributed by atoms with Gasteiger partial charge in [-0.25, -0.2) is 0 Å². The van der Waals surface area contributed by atoms with Crippen molar-refractivity contribution < 1.29 is 0 Å². The molecule has 294 valence electrons. The highest BCUT2D eigenvalue weighted by molar-refractivity contribution is 6.30. The van der Waals surface area contributed by atoms with Gasteiger partial charge in [-0.3, -0.25) is 0 Å². The van der Waals surface area contributed by atoms with Crippen molar-refractivity contribution in [3.63, 3.8) is 0 Å². The Bertz CT molecular complexity index is 3910. The Morgan fingerprint density at radius 2 is 0.391 bits per heavy atom. The number of rotatable bonds is 3. The minimum Gasteiger partial charge on any atom is -0.0616 e. The zero-order chi connectivity index (χ0) is 41.9. The minimum absolute atomic E-state index is 1.23. The van der Waals surface area contributed by atoms with Crippen LogP contribution in [-0.4, -0.2) is 0 Å². The van der Waals surface area contributed by atoms with Crippen molar-refractivity contribution in [2.24, 2.45) is 0 Å². The van der Waals surface area contributed by atoms with Gasteiger partial charge in [0.15, 0.2) is 0 Å². The van der Waals surface area contributed by atoms with Crippen molar-refractivity contribution in [1.82, 2.24) is 0 Å². The summed E-state index contributed by atoms with van der Waals surface area (Å²) in [5, 5.41) is 25.3. The van der Waals surface area contributed by atoms with Crippen LogP contribution in [0.4, 0.5) is 0 Å². The van der Waals surface area contributed by atoms with Gasteiger partial charge in [0, 0.05) is 0 Å². The molecule has 0 aromatic heterocycles. The predicted molar refractivity (Wildman–Crippen MR) is 278 cm³/mol. The molecule has 0 spiro atoms. The Hall–Kier alpha value is -8.32. The zero-order valence-corrected chi connectivity index (χ0v) is 34.9. The highest BCUT2D eigenvalue weighted by Gasteiger charge is 2.23. The predicted octanol–water partition coefficient (Wildman–Crippen LogP) is 18.2. The maximum absolute atomic E-state index is 2.44. The van der Waals surface area contributed by atoms with Crippen LogP contribution in [0.15, 0.2) is 231 Å². The molecular formula is C64H38. The number of fused-ring (bicyclic) bond motifs is 12. The first-order chi connectivity index (χ1) is 31.7. The van der Waals surface area contributed by atoms with E-state index in [1.807, 2.05) is 0 Å². The summed E-state index contributed by atoms with van der Waals surface area (Å²) in [7, 11) is 0. The third-order valence-corrected chi connectivity index (χ3v) is 14.1. The average Bonchev–Trinajstić information content (AvgIpc) is 3.36. The third-order valence-electron chi connectivity index (χ3n) is 14.1. The second-order valence-corrected chi connectivity index (χ2v) is 17.5. The minimum atomic E-state index is 1.23. The standard InChI is InChI=1S/C64H38/c1-3-15-43-35-59-45(33-41(43)13-1)29-25-39-27-31-47(37-57(39)59)61-49-17-5-9-21-53(49)63(54-22-10-6-18-50(54)61)64-55-23-11-7-19-51(55)62(52-20-8-12-24-56(52)64)48-32-28-40-26-30-46-34-42-14-2-4-16-44(42)36-60(46)58(40)38-48/h1-38H. The van der Waals surface area contributed by atoms with Crippen LogP contribution in [0.3, 0.4) is 0 Å². The maximum atomic E-state index is 2.44. The molecule has 14 rings (SSSR count). The lowest BCUT2D eigenvalue weighted by molar-refractivity contribution is 1.69. The molecule has 0 saturated heterocycles. The van der Waals surface area contributed by atoms with Gasteiger partial charge in [-0.05, 0) is 178 Å². The van der Waals surface area contributed by atoms with E-state index in [-0.39, 0.29) is 0 Å². The molecule has 0 aliphatic heterocycles. The lowest BCUT2D eigenvalue weighted by atomic mass is 9.80. The quantitative estimate of drug-likeness (QED) is 0.123. The molecule has 0 atom stereocenters. The topological polar surface area (TPSA) is 0 Å². The average molecular weight is 807 g/mol. The van der Waals surface area contributed by atoms with Crippen LogP contribution in [0.5, 0.6) is 0 Å². The smallest absolute Gasteiger partial charge is 0.00139 e. The van der Waals surface area contributed by atoms with Gasteiger partial charge < -0.3 is 0 Å². The molecule has 0 saturated carbocycles. The van der Waals surface area contributed by atoms with Crippen molar-refractivity contribution in [1.29, 1.82) is 0 Å². The van der Waals surface area contributed by atoms with E-state index >= 15 is 0 Å². The molecule has 0 N–H and O–H groups in total. The summed E-state index contributed by atoms with van der Waals surface area (Å²) < 4.78 is 0. The van der Waals surface area contributed by atoms with Crippen molar-refractivity contribution in [2.75, 3.05) is 0 Å². The summed E-state index contributed by atoms with van der Waals surface area (Å²) in [5.41, 5.74) is 7.57. The van der Waals surface area contributed by atoms with Crippen LogP contribution in [0.1, 0.15) is 0 Å². The van der Waals surface area contributed by atoms with Gasteiger partial charge in [0.25, 0.3) is 0 Å². The Morgan fingerprint density at radius 1 is 0.141 bits per heavy atom. The van der Waals surface area contributed by atoms with Gasteiger partial charge in [-0.2, -0.15) is 0 Å². The fourth-order valence-corrected chi connectivity index (χ4v) is 11.2. The summed E-state index contributed by atoms with van der Waals surface area (Å²) in [6.07, 6.45) is 0. The summed E-state index contributed by atoms with van der Waals surface area (Å²) in [6, 6.07) is 86.5. The van der Waals surface area contributed by atoms with Gasteiger partial charge in [0.1, 0.15) is 0 Å². The van der Waals surface area contributed by atoms with E-state index in [1.165, 1.54) is 141 Å². The molecule has 0 aliphatic carbocycles. The summed E-state index contributed by atoms with van der Waals surface area (Å²) >= 11 is 0. The van der Waals surface area contributed by atoms with Crippen molar-refractivity contribution in [3.05, 3.63) is 231 Å². The van der Waals surface area contributed by atoms with E-state index in [0.29, 0.717) is 0 Å². The first-order valence-electron chi connectivity index (χ1n) is 22.3. The Morgan fingerprint density at radius 3 is 0.734 bits per heavy atom. The molecule has 0 aliphatic rings. The van der Waals surface area contributed by atoms with Crippen LogP contribution in [0, 0.1) is 0 Å². The molecule has 0 bridgehead atoms. The molecule has 14 aromatic carbocycles. The van der Waals surface area contributed by atoms with Gasteiger partial charge in [0.2, 0.25) is 0 Å². The van der Waals surface area contributed by atoms with Crippen LogP contribution in [0.25, 0.3) is 141 Å². The van der Waals surface area contributed by atoms with E-state index < -0.39 is 0 Å². The molecule has 0 nitrogen and oxygen atoms in total. The largest absolute Gasteiger partial charge is 0.0616 e. The molecule has 0 unspecified atom stereocenters. The van der Waals surface area contributed by atoms with Crippen molar-refractivity contribution >= 4 is 108 Å². The summed E-state index contributed by atoms with van der Waals surface area (Å²) in [5.74, 6) is 0. The molecule has 14 aromatic rings. The van der Waals surface area contributed by atoms with E-state index in [0.717, 1.165) is 0 Å². The molecule has 0 heterocycles. The summed E-state index contributed by atoms with van der Waals surface area (Å²) in [4.78, 5) is 0. The van der Waals surface area contributed by atoms with Crippen LogP contribution in [0.2, 0.25) is 0 Å². The van der Waals surface area contributed by atoms with Crippen LogP contribution >= 0.6 is 0 Å². The lowest BCUT2D eigenvalue weighted by Gasteiger charge is -2.22. The number of benzene rings is 14. The second kappa shape index (κ2) is 13.6.